The van der Waals surface area contributed by atoms with Gasteiger partial charge in [0.15, 0.2) is 0 Å². The van der Waals surface area contributed by atoms with Crippen molar-refractivity contribution in [3.05, 3.63) is 29.8 Å². The summed E-state index contributed by atoms with van der Waals surface area (Å²) in [4.78, 5) is 11.5. The first-order valence-corrected chi connectivity index (χ1v) is 5.26. The first-order valence-electron chi connectivity index (χ1n) is 5.26. The summed E-state index contributed by atoms with van der Waals surface area (Å²) in [5.74, 6) is -3.08. The van der Waals surface area contributed by atoms with E-state index in [1.807, 2.05) is 0 Å². The minimum Gasteiger partial charge on any atom is -0.325 e. The van der Waals surface area contributed by atoms with Crippen LogP contribution in [0.25, 0.3) is 0 Å². The number of halogens is 2. The van der Waals surface area contributed by atoms with E-state index in [0.717, 1.165) is 19.8 Å². The number of hydrogen-bond donors (Lipinski definition) is 1. The molecule has 4 heteroatoms. The van der Waals surface area contributed by atoms with Crippen LogP contribution < -0.4 is 5.32 Å². The van der Waals surface area contributed by atoms with Crippen molar-refractivity contribution >= 4 is 11.6 Å². The average molecular weight is 225 g/mol. The first-order chi connectivity index (χ1) is 7.48. The highest BCUT2D eigenvalue weighted by molar-refractivity contribution is 5.94. The summed E-state index contributed by atoms with van der Waals surface area (Å²) < 4.78 is 26.5. The SMILES string of the molecule is CC(F)(F)c1ccccc1NC(=O)C1CC1. The summed E-state index contributed by atoms with van der Waals surface area (Å²) in [6.07, 6.45) is 1.72. The lowest BCUT2D eigenvalue weighted by Gasteiger charge is -2.16. The van der Waals surface area contributed by atoms with Crippen molar-refractivity contribution in [2.24, 2.45) is 5.92 Å². The van der Waals surface area contributed by atoms with Gasteiger partial charge in [0.2, 0.25) is 5.91 Å². The number of carbonyl (C=O) groups is 1. The van der Waals surface area contributed by atoms with E-state index in [2.05, 4.69) is 5.32 Å². The standard InChI is InChI=1S/C12H13F2NO/c1-12(13,14)9-4-2-3-5-10(9)15-11(16)8-6-7-8/h2-5,8H,6-7H2,1H3,(H,15,16). The number of hydrogen-bond acceptors (Lipinski definition) is 1. The van der Waals surface area contributed by atoms with Gasteiger partial charge in [-0.1, -0.05) is 18.2 Å². The number of amides is 1. The maximum atomic E-state index is 13.2. The van der Waals surface area contributed by atoms with E-state index in [1.54, 1.807) is 12.1 Å². The molecule has 0 aliphatic heterocycles. The summed E-state index contributed by atoms with van der Waals surface area (Å²) in [6.45, 7) is 0.828. The predicted octanol–water partition coefficient (Wildman–Crippen LogP) is 3.15. The lowest BCUT2D eigenvalue weighted by molar-refractivity contribution is -0.117. The molecule has 86 valence electrons. The Morgan fingerprint density at radius 2 is 2.00 bits per heavy atom. The highest BCUT2D eigenvalue weighted by atomic mass is 19.3. The monoisotopic (exact) mass is 225 g/mol. The summed E-state index contributed by atoms with van der Waals surface area (Å²) in [6, 6.07) is 6.02. The van der Waals surface area contributed by atoms with Crippen molar-refractivity contribution in [3.63, 3.8) is 0 Å². The number of benzene rings is 1. The van der Waals surface area contributed by atoms with Gasteiger partial charge >= 0.3 is 0 Å². The molecule has 2 nitrogen and oxygen atoms in total. The molecule has 1 saturated carbocycles. The zero-order valence-electron chi connectivity index (χ0n) is 8.97. The number of anilines is 1. The van der Waals surface area contributed by atoms with Crippen LogP contribution in [0, 0.1) is 5.92 Å². The zero-order valence-corrected chi connectivity index (χ0v) is 8.97. The molecule has 16 heavy (non-hydrogen) atoms. The molecule has 1 aromatic carbocycles. The number of carbonyl (C=O) groups excluding carboxylic acids is 1. The fourth-order valence-electron chi connectivity index (χ4n) is 1.56. The van der Waals surface area contributed by atoms with E-state index >= 15 is 0 Å². The zero-order chi connectivity index (χ0) is 11.8. The first kappa shape index (κ1) is 11.0. The highest BCUT2D eigenvalue weighted by Gasteiger charge is 2.32. The van der Waals surface area contributed by atoms with Gasteiger partial charge in [0.25, 0.3) is 5.92 Å². The summed E-state index contributed by atoms with van der Waals surface area (Å²) in [7, 11) is 0. The van der Waals surface area contributed by atoms with Crippen LogP contribution >= 0.6 is 0 Å². The van der Waals surface area contributed by atoms with E-state index in [-0.39, 0.29) is 23.1 Å². The molecule has 0 spiro atoms. The number of nitrogens with one attached hydrogen (secondary N) is 1. The third-order valence-electron chi connectivity index (χ3n) is 2.61. The highest BCUT2D eigenvalue weighted by Crippen LogP contribution is 2.35. The Bertz CT molecular complexity index is 408. The molecule has 1 fully saturated rings. The fourth-order valence-corrected chi connectivity index (χ4v) is 1.56. The molecule has 0 unspecified atom stereocenters. The number of rotatable bonds is 3. The van der Waals surface area contributed by atoms with Crippen LogP contribution in [0.2, 0.25) is 0 Å². The number of alkyl halides is 2. The second kappa shape index (κ2) is 3.85. The van der Waals surface area contributed by atoms with Crippen LogP contribution in [-0.4, -0.2) is 5.91 Å². The van der Waals surface area contributed by atoms with E-state index in [1.165, 1.54) is 12.1 Å². The van der Waals surface area contributed by atoms with Crippen molar-refractivity contribution in [2.75, 3.05) is 5.32 Å². The van der Waals surface area contributed by atoms with Gasteiger partial charge in [-0.3, -0.25) is 4.79 Å². The molecule has 1 N–H and O–H groups in total. The summed E-state index contributed by atoms with van der Waals surface area (Å²) in [5.41, 5.74) is 0.0795. The lowest BCUT2D eigenvalue weighted by atomic mass is 10.1. The van der Waals surface area contributed by atoms with Crippen LogP contribution in [0.15, 0.2) is 24.3 Å². The van der Waals surface area contributed by atoms with Gasteiger partial charge in [-0.2, -0.15) is 0 Å². The van der Waals surface area contributed by atoms with Crippen LogP contribution in [0.3, 0.4) is 0 Å². The quantitative estimate of drug-likeness (QED) is 0.841. The summed E-state index contributed by atoms with van der Waals surface area (Å²) in [5, 5.41) is 2.56. The van der Waals surface area contributed by atoms with E-state index in [4.69, 9.17) is 0 Å². The molecule has 1 aliphatic rings. The van der Waals surface area contributed by atoms with Crippen LogP contribution in [0.1, 0.15) is 25.3 Å². The molecule has 0 bridgehead atoms. The molecule has 0 atom stereocenters. The Kier molecular flexibility index (Phi) is 2.66. The molecular weight excluding hydrogens is 212 g/mol. The minimum atomic E-state index is -2.94. The van der Waals surface area contributed by atoms with Gasteiger partial charge in [0.1, 0.15) is 0 Å². The molecule has 0 radical (unpaired) electrons. The van der Waals surface area contributed by atoms with E-state index in [0.29, 0.717) is 0 Å². The van der Waals surface area contributed by atoms with Crippen LogP contribution in [0.4, 0.5) is 14.5 Å². The van der Waals surface area contributed by atoms with Crippen molar-refractivity contribution in [1.82, 2.24) is 0 Å². The molecular formula is C12H13F2NO. The smallest absolute Gasteiger partial charge is 0.272 e. The Morgan fingerprint density at radius 1 is 1.38 bits per heavy atom. The minimum absolute atomic E-state index is 0.0125. The van der Waals surface area contributed by atoms with Gasteiger partial charge in [-0.05, 0) is 18.9 Å². The summed E-state index contributed by atoms with van der Waals surface area (Å²) >= 11 is 0. The maximum absolute atomic E-state index is 13.2. The molecule has 2 rings (SSSR count). The second-order valence-electron chi connectivity index (χ2n) is 4.20. The van der Waals surface area contributed by atoms with Crippen LogP contribution in [0.5, 0.6) is 0 Å². The molecule has 1 amide bonds. The largest absolute Gasteiger partial charge is 0.325 e. The van der Waals surface area contributed by atoms with Crippen molar-refractivity contribution in [1.29, 1.82) is 0 Å². The molecule has 1 aromatic rings. The van der Waals surface area contributed by atoms with Gasteiger partial charge in [-0.15, -0.1) is 0 Å². The third-order valence-corrected chi connectivity index (χ3v) is 2.61. The molecule has 0 aromatic heterocycles. The lowest BCUT2D eigenvalue weighted by Crippen LogP contribution is -2.18. The normalized spacial score (nSPS) is 15.9. The molecule has 0 saturated heterocycles. The van der Waals surface area contributed by atoms with E-state index in [9.17, 15) is 13.6 Å². The Morgan fingerprint density at radius 3 is 2.56 bits per heavy atom. The molecule has 0 heterocycles. The van der Waals surface area contributed by atoms with Crippen molar-refractivity contribution in [2.45, 2.75) is 25.7 Å². The second-order valence-corrected chi connectivity index (χ2v) is 4.20. The predicted molar refractivity (Wildman–Crippen MR) is 57.4 cm³/mol. The van der Waals surface area contributed by atoms with Crippen LogP contribution in [-0.2, 0) is 10.7 Å². The Labute approximate surface area is 92.7 Å². The van der Waals surface area contributed by atoms with Crippen molar-refractivity contribution in [3.8, 4) is 0 Å². The Balaban J connectivity index is 2.22. The van der Waals surface area contributed by atoms with Gasteiger partial charge in [-0.25, -0.2) is 8.78 Å². The van der Waals surface area contributed by atoms with Crippen molar-refractivity contribution < 1.29 is 13.6 Å². The Hall–Kier alpha value is -1.45. The fraction of sp³-hybridized carbons (Fsp3) is 0.417. The topological polar surface area (TPSA) is 29.1 Å². The molecule has 1 aliphatic carbocycles. The van der Waals surface area contributed by atoms with Gasteiger partial charge in [0.05, 0.1) is 0 Å². The maximum Gasteiger partial charge on any atom is 0.272 e. The average Bonchev–Trinajstić information content (AvgIpc) is 2.99. The van der Waals surface area contributed by atoms with Gasteiger partial charge < -0.3 is 5.32 Å². The third kappa shape index (κ3) is 2.38. The van der Waals surface area contributed by atoms with E-state index < -0.39 is 5.92 Å². The van der Waals surface area contributed by atoms with Gasteiger partial charge in [0, 0.05) is 24.1 Å². The number of para-hydroxylation sites is 1.